The number of carbonyl (C=O) groups is 2. The van der Waals surface area contributed by atoms with Gasteiger partial charge in [-0.15, -0.1) is 0 Å². The molecule has 7 heteroatoms. The highest BCUT2D eigenvalue weighted by molar-refractivity contribution is 5.96. The average molecular weight is 381 g/mol. The normalized spacial score (nSPS) is 12.8. The van der Waals surface area contributed by atoms with Gasteiger partial charge in [0.1, 0.15) is 0 Å². The zero-order chi connectivity index (χ0) is 20.1. The molecule has 0 aliphatic carbocycles. The Hall–Kier alpha value is -3.35. The van der Waals surface area contributed by atoms with Gasteiger partial charge in [-0.25, -0.2) is 5.43 Å². The quantitative estimate of drug-likeness (QED) is 0.615. The van der Waals surface area contributed by atoms with Crippen LogP contribution < -0.4 is 20.2 Å². The first-order valence-corrected chi connectivity index (χ1v) is 8.93. The van der Waals surface area contributed by atoms with Crippen molar-refractivity contribution in [2.45, 2.75) is 26.2 Å². The Morgan fingerprint density at radius 3 is 2.50 bits per heavy atom. The molecule has 1 aliphatic heterocycles. The summed E-state index contributed by atoms with van der Waals surface area (Å²) in [6.45, 7) is 6.35. The standard InChI is InChI=1S/C21H23N3O4/c1-21(2,3)16-7-5-15(6-8-16)20(26)22-12-19(25)24-23-11-14-4-9-17-18(10-14)28-13-27-17/h4-11H,12-13H2,1-3H3,(H,22,26)(H,24,25)/b23-11+. The molecule has 0 spiro atoms. The topological polar surface area (TPSA) is 89.0 Å². The fourth-order valence-electron chi connectivity index (χ4n) is 2.60. The zero-order valence-corrected chi connectivity index (χ0v) is 16.1. The maximum absolute atomic E-state index is 12.2. The van der Waals surface area contributed by atoms with Crippen LogP contribution in [0.25, 0.3) is 0 Å². The number of hydrogen-bond donors (Lipinski definition) is 2. The molecule has 0 unspecified atom stereocenters. The van der Waals surface area contributed by atoms with E-state index in [-0.39, 0.29) is 24.7 Å². The summed E-state index contributed by atoms with van der Waals surface area (Å²) in [5.74, 6) is 0.589. The molecule has 146 valence electrons. The average Bonchev–Trinajstić information content (AvgIpc) is 3.13. The van der Waals surface area contributed by atoms with E-state index in [1.807, 2.05) is 12.1 Å². The van der Waals surface area contributed by atoms with E-state index >= 15 is 0 Å². The largest absolute Gasteiger partial charge is 0.454 e. The van der Waals surface area contributed by atoms with E-state index < -0.39 is 5.91 Å². The Morgan fingerprint density at radius 2 is 1.79 bits per heavy atom. The summed E-state index contributed by atoms with van der Waals surface area (Å²) in [4.78, 5) is 24.0. The van der Waals surface area contributed by atoms with E-state index in [1.165, 1.54) is 6.21 Å². The molecule has 2 aromatic carbocycles. The molecule has 0 saturated carbocycles. The lowest BCUT2D eigenvalue weighted by molar-refractivity contribution is -0.120. The van der Waals surface area contributed by atoms with E-state index in [1.54, 1.807) is 30.3 Å². The van der Waals surface area contributed by atoms with Crippen LogP contribution in [-0.4, -0.2) is 31.4 Å². The number of ether oxygens (including phenoxy) is 2. The second kappa shape index (κ2) is 8.12. The van der Waals surface area contributed by atoms with Crippen molar-refractivity contribution in [3.8, 4) is 11.5 Å². The summed E-state index contributed by atoms with van der Waals surface area (Å²) in [6, 6.07) is 12.7. The molecule has 1 heterocycles. The second-order valence-corrected chi connectivity index (χ2v) is 7.42. The van der Waals surface area contributed by atoms with Crippen LogP contribution in [0.15, 0.2) is 47.6 Å². The molecule has 1 aliphatic rings. The summed E-state index contributed by atoms with van der Waals surface area (Å²) in [5.41, 5.74) is 4.80. The van der Waals surface area contributed by atoms with Crippen molar-refractivity contribution < 1.29 is 19.1 Å². The highest BCUT2D eigenvalue weighted by Gasteiger charge is 2.15. The number of fused-ring (bicyclic) bond motifs is 1. The monoisotopic (exact) mass is 381 g/mol. The van der Waals surface area contributed by atoms with Gasteiger partial charge in [-0.3, -0.25) is 9.59 Å². The second-order valence-electron chi connectivity index (χ2n) is 7.42. The minimum absolute atomic E-state index is 0.0187. The van der Waals surface area contributed by atoms with Crippen LogP contribution in [-0.2, 0) is 10.2 Å². The summed E-state index contributed by atoms with van der Waals surface area (Å²) in [5, 5.41) is 6.46. The highest BCUT2D eigenvalue weighted by atomic mass is 16.7. The van der Waals surface area contributed by atoms with Gasteiger partial charge in [-0.1, -0.05) is 32.9 Å². The maximum atomic E-state index is 12.2. The van der Waals surface area contributed by atoms with E-state index in [4.69, 9.17) is 9.47 Å². The molecule has 7 nitrogen and oxygen atoms in total. The first kappa shape index (κ1) is 19.4. The Kier molecular flexibility index (Phi) is 5.63. The summed E-state index contributed by atoms with van der Waals surface area (Å²) in [6.07, 6.45) is 1.49. The first-order valence-electron chi connectivity index (χ1n) is 8.93. The van der Waals surface area contributed by atoms with Gasteiger partial charge >= 0.3 is 0 Å². The van der Waals surface area contributed by atoms with Crippen LogP contribution in [0.3, 0.4) is 0 Å². The lowest BCUT2D eigenvalue weighted by Gasteiger charge is -2.19. The van der Waals surface area contributed by atoms with Crippen LogP contribution in [0.1, 0.15) is 42.3 Å². The molecule has 0 saturated heterocycles. The number of carbonyl (C=O) groups excluding carboxylic acids is 2. The Labute approximate surface area is 163 Å². The molecule has 0 fully saturated rings. The number of hydrogen-bond acceptors (Lipinski definition) is 5. The van der Waals surface area contributed by atoms with Crippen LogP contribution in [0, 0.1) is 0 Å². The predicted octanol–water partition coefficient (Wildman–Crippen LogP) is 2.59. The third kappa shape index (κ3) is 4.88. The first-order chi connectivity index (χ1) is 13.3. The lowest BCUT2D eigenvalue weighted by atomic mass is 9.87. The number of rotatable bonds is 5. The molecular formula is C21H23N3O4. The maximum Gasteiger partial charge on any atom is 0.259 e. The van der Waals surface area contributed by atoms with Crippen molar-refractivity contribution >= 4 is 18.0 Å². The molecule has 0 atom stereocenters. The molecule has 28 heavy (non-hydrogen) atoms. The number of benzene rings is 2. The van der Waals surface area contributed by atoms with Gasteiger partial charge < -0.3 is 14.8 Å². The molecule has 0 bridgehead atoms. The molecule has 2 N–H and O–H groups in total. The smallest absolute Gasteiger partial charge is 0.259 e. The number of hydrazone groups is 1. The van der Waals surface area contributed by atoms with Gasteiger partial charge in [0.05, 0.1) is 12.8 Å². The van der Waals surface area contributed by atoms with Gasteiger partial charge in [0, 0.05) is 5.56 Å². The van der Waals surface area contributed by atoms with Gasteiger partial charge in [-0.2, -0.15) is 5.10 Å². The number of nitrogens with zero attached hydrogens (tertiary/aromatic N) is 1. The zero-order valence-electron chi connectivity index (χ0n) is 16.1. The van der Waals surface area contributed by atoms with Crippen molar-refractivity contribution in [3.05, 3.63) is 59.2 Å². The van der Waals surface area contributed by atoms with Crippen molar-refractivity contribution in [1.29, 1.82) is 0 Å². The Morgan fingerprint density at radius 1 is 1.07 bits per heavy atom. The van der Waals surface area contributed by atoms with E-state index in [9.17, 15) is 9.59 Å². The van der Waals surface area contributed by atoms with Gasteiger partial charge in [0.2, 0.25) is 6.79 Å². The number of nitrogens with one attached hydrogen (secondary N) is 2. The molecule has 0 aromatic heterocycles. The fourth-order valence-corrected chi connectivity index (χ4v) is 2.60. The van der Waals surface area contributed by atoms with E-state index in [0.29, 0.717) is 17.1 Å². The van der Waals surface area contributed by atoms with Crippen molar-refractivity contribution in [2.24, 2.45) is 5.10 Å². The Bertz CT molecular complexity index is 899. The molecule has 2 amide bonds. The molecule has 3 rings (SSSR count). The Balaban J connectivity index is 1.46. The van der Waals surface area contributed by atoms with Crippen LogP contribution in [0.4, 0.5) is 0 Å². The molecule has 2 aromatic rings. The summed E-state index contributed by atoms with van der Waals surface area (Å²) >= 11 is 0. The third-order valence-corrected chi connectivity index (χ3v) is 4.22. The molecular weight excluding hydrogens is 358 g/mol. The van der Waals surface area contributed by atoms with Crippen molar-refractivity contribution in [3.63, 3.8) is 0 Å². The van der Waals surface area contributed by atoms with Crippen LogP contribution in [0.5, 0.6) is 11.5 Å². The van der Waals surface area contributed by atoms with Gasteiger partial charge in [-0.05, 0) is 46.9 Å². The lowest BCUT2D eigenvalue weighted by Crippen LogP contribution is -2.34. The third-order valence-electron chi connectivity index (χ3n) is 4.22. The van der Waals surface area contributed by atoms with Crippen molar-refractivity contribution in [2.75, 3.05) is 13.3 Å². The minimum Gasteiger partial charge on any atom is -0.454 e. The predicted molar refractivity (Wildman–Crippen MR) is 106 cm³/mol. The van der Waals surface area contributed by atoms with E-state index in [0.717, 1.165) is 11.1 Å². The van der Waals surface area contributed by atoms with Crippen molar-refractivity contribution in [1.82, 2.24) is 10.7 Å². The molecule has 0 radical (unpaired) electrons. The SMILES string of the molecule is CC(C)(C)c1ccc(C(=O)NCC(=O)N/N=C/c2ccc3c(c2)OCO3)cc1. The summed E-state index contributed by atoms with van der Waals surface area (Å²) < 4.78 is 10.5. The van der Waals surface area contributed by atoms with Gasteiger partial charge in [0.25, 0.3) is 11.8 Å². The van der Waals surface area contributed by atoms with Gasteiger partial charge in [0.15, 0.2) is 11.5 Å². The fraction of sp³-hybridized carbons (Fsp3) is 0.286. The highest BCUT2D eigenvalue weighted by Crippen LogP contribution is 2.31. The van der Waals surface area contributed by atoms with Crippen LogP contribution in [0.2, 0.25) is 0 Å². The minimum atomic E-state index is -0.420. The summed E-state index contributed by atoms with van der Waals surface area (Å²) in [7, 11) is 0. The number of amides is 2. The van der Waals surface area contributed by atoms with E-state index in [2.05, 4.69) is 36.6 Å². The van der Waals surface area contributed by atoms with Crippen LogP contribution >= 0.6 is 0 Å².